The molecular weight excluding hydrogens is 338 g/mol. The smallest absolute Gasteiger partial charge is 0.330 e. The number of nitrogens with two attached hydrogens (primary N) is 1. The monoisotopic (exact) mass is 363 g/mol. The van der Waals surface area contributed by atoms with Crippen molar-refractivity contribution in [3.63, 3.8) is 0 Å². The molecule has 26 heavy (non-hydrogen) atoms. The van der Waals surface area contributed by atoms with Crippen molar-refractivity contribution in [2.24, 2.45) is 5.92 Å². The van der Waals surface area contributed by atoms with Gasteiger partial charge in [0.25, 0.3) is 11.5 Å². The summed E-state index contributed by atoms with van der Waals surface area (Å²) in [6, 6.07) is 1.50. The number of aromatic amines is 1. The van der Waals surface area contributed by atoms with Gasteiger partial charge in [-0.15, -0.1) is 0 Å². The third kappa shape index (κ3) is 4.04. The molecule has 9 nitrogen and oxygen atoms in total. The molecule has 142 valence electrons. The van der Waals surface area contributed by atoms with Crippen molar-refractivity contribution in [2.75, 3.05) is 17.2 Å². The number of nitrogen functional groups attached to an aromatic ring is 1. The molecular formula is C17H25N5O4. The fourth-order valence-corrected chi connectivity index (χ4v) is 2.61. The minimum atomic E-state index is -0.701. The fourth-order valence-electron chi connectivity index (χ4n) is 2.61. The number of aryl methyl sites for hydroxylation is 1. The van der Waals surface area contributed by atoms with E-state index in [1.54, 1.807) is 6.92 Å². The average Bonchev–Trinajstić information content (AvgIpc) is 3.00. The Labute approximate surface area is 150 Å². The summed E-state index contributed by atoms with van der Waals surface area (Å²) < 4.78 is 6.32. The molecule has 0 atom stereocenters. The number of carbonyl (C=O) groups is 1. The van der Waals surface area contributed by atoms with Gasteiger partial charge in [-0.1, -0.05) is 32.3 Å². The summed E-state index contributed by atoms with van der Waals surface area (Å²) >= 11 is 0. The van der Waals surface area contributed by atoms with Crippen LogP contribution in [0.4, 0.5) is 11.5 Å². The van der Waals surface area contributed by atoms with Crippen molar-refractivity contribution in [1.82, 2.24) is 14.7 Å². The van der Waals surface area contributed by atoms with Crippen molar-refractivity contribution in [1.29, 1.82) is 0 Å². The molecule has 0 aliphatic carbocycles. The third-order valence-electron chi connectivity index (χ3n) is 3.85. The van der Waals surface area contributed by atoms with E-state index in [-0.39, 0.29) is 29.7 Å². The van der Waals surface area contributed by atoms with Crippen LogP contribution < -0.4 is 21.9 Å². The molecule has 0 spiro atoms. The van der Waals surface area contributed by atoms with Gasteiger partial charge >= 0.3 is 5.69 Å². The summed E-state index contributed by atoms with van der Waals surface area (Å²) in [6.45, 7) is 8.10. The van der Waals surface area contributed by atoms with E-state index in [2.05, 4.69) is 10.1 Å². The van der Waals surface area contributed by atoms with Gasteiger partial charge < -0.3 is 10.3 Å². The summed E-state index contributed by atoms with van der Waals surface area (Å²) in [7, 11) is 0. The van der Waals surface area contributed by atoms with Gasteiger partial charge in [-0.25, -0.2) is 4.79 Å². The van der Waals surface area contributed by atoms with Crippen LogP contribution in [-0.2, 0) is 6.54 Å². The molecule has 0 aliphatic rings. The number of amides is 1. The predicted octanol–water partition coefficient (Wildman–Crippen LogP) is 1.52. The highest BCUT2D eigenvalue weighted by Gasteiger charge is 2.27. The Hall–Kier alpha value is -2.84. The van der Waals surface area contributed by atoms with E-state index in [0.717, 1.165) is 6.42 Å². The number of unbranched alkanes of at least 4 members (excludes halogenated alkanes) is 1. The van der Waals surface area contributed by atoms with E-state index in [4.69, 9.17) is 10.3 Å². The van der Waals surface area contributed by atoms with Gasteiger partial charge in [0, 0.05) is 19.2 Å². The first-order valence-electron chi connectivity index (χ1n) is 8.64. The molecule has 0 bridgehead atoms. The summed E-state index contributed by atoms with van der Waals surface area (Å²) in [5.41, 5.74) is 5.34. The van der Waals surface area contributed by atoms with E-state index in [9.17, 15) is 14.4 Å². The minimum Gasteiger partial charge on any atom is -0.383 e. The van der Waals surface area contributed by atoms with Crippen LogP contribution in [0.1, 0.15) is 49.9 Å². The Morgan fingerprint density at radius 2 is 2.12 bits per heavy atom. The lowest BCUT2D eigenvalue weighted by atomic mass is 10.2. The molecule has 0 aromatic carbocycles. The first-order valence-corrected chi connectivity index (χ1v) is 8.64. The summed E-state index contributed by atoms with van der Waals surface area (Å²) in [5.74, 6) is -0.413. The Bertz CT molecular complexity index is 893. The van der Waals surface area contributed by atoms with Crippen LogP contribution in [0.2, 0.25) is 0 Å². The Balaban J connectivity index is 2.59. The zero-order chi connectivity index (χ0) is 19.4. The molecule has 3 N–H and O–H groups in total. The lowest BCUT2D eigenvalue weighted by Gasteiger charge is -2.23. The second-order valence-electron chi connectivity index (χ2n) is 6.64. The number of carbonyl (C=O) groups excluding carboxylic acids is 1. The Morgan fingerprint density at radius 1 is 1.42 bits per heavy atom. The van der Waals surface area contributed by atoms with Crippen molar-refractivity contribution >= 4 is 17.4 Å². The molecule has 0 fully saturated rings. The average molecular weight is 363 g/mol. The van der Waals surface area contributed by atoms with Gasteiger partial charge in [-0.05, 0) is 19.3 Å². The maximum Gasteiger partial charge on any atom is 0.330 e. The zero-order valence-corrected chi connectivity index (χ0v) is 15.5. The normalized spacial score (nSPS) is 11.1. The van der Waals surface area contributed by atoms with Crippen LogP contribution in [0, 0.1) is 12.8 Å². The maximum atomic E-state index is 12.9. The second-order valence-corrected chi connectivity index (χ2v) is 6.64. The Kier molecular flexibility index (Phi) is 6.01. The SMILES string of the molecule is CCCCN(C(=O)c1cc(C)no1)c1c(N)n(CC(C)C)c(=O)[nH]c1=O. The van der Waals surface area contributed by atoms with Crippen LogP contribution in [0.25, 0.3) is 0 Å². The molecule has 1 amide bonds. The number of nitrogens with one attached hydrogen (secondary N) is 1. The number of H-pyrrole nitrogens is 1. The van der Waals surface area contributed by atoms with Crippen LogP contribution >= 0.6 is 0 Å². The zero-order valence-electron chi connectivity index (χ0n) is 15.5. The van der Waals surface area contributed by atoms with Crippen LogP contribution in [-0.4, -0.2) is 27.2 Å². The van der Waals surface area contributed by atoms with Gasteiger partial charge in [0.05, 0.1) is 5.69 Å². The Morgan fingerprint density at radius 3 is 2.65 bits per heavy atom. The fraction of sp³-hybridized carbons (Fsp3) is 0.529. The molecule has 9 heteroatoms. The molecule has 2 rings (SSSR count). The molecule has 0 radical (unpaired) electrons. The van der Waals surface area contributed by atoms with Crippen LogP contribution in [0.5, 0.6) is 0 Å². The van der Waals surface area contributed by atoms with Gasteiger partial charge in [-0.3, -0.25) is 24.0 Å². The number of hydrogen-bond donors (Lipinski definition) is 2. The largest absolute Gasteiger partial charge is 0.383 e. The molecule has 0 unspecified atom stereocenters. The highest BCUT2D eigenvalue weighted by Crippen LogP contribution is 2.21. The van der Waals surface area contributed by atoms with Gasteiger partial charge in [-0.2, -0.15) is 0 Å². The first-order chi connectivity index (χ1) is 12.3. The quantitative estimate of drug-likeness (QED) is 0.768. The number of anilines is 2. The summed E-state index contributed by atoms with van der Waals surface area (Å²) in [4.78, 5) is 41.0. The number of rotatable bonds is 7. The lowest BCUT2D eigenvalue weighted by Crippen LogP contribution is -2.42. The molecule has 0 aliphatic heterocycles. The second kappa shape index (κ2) is 8.03. The van der Waals surface area contributed by atoms with Crippen molar-refractivity contribution in [3.05, 3.63) is 38.4 Å². The maximum absolute atomic E-state index is 12.9. The van der Waals surface area contributed by atoms with E-state index < -0.39 is 17.2 Å². The third-order valence-corrected chi connectivity index (χ3v) is 3.85. The van der Waals surface area contributed by atoms with Crippen molar-refractivity contribution in [2.45, 2.75) is 47.1 Å². The van der Waals surface area contributed by atoms with Crippen LogP contribution in [0.3, 0.4) is 0 Å². The molecule has 0 saturated carbocycles. The van der Waals surface area contributed by atoms with E-state index in [1.807, 2.05) is 20.8 Å². The predicted molar refractivity (Wildman–Crippen MR) is 98.4 cm³/mol. The molecule has 2 aromatic heterocycles. The van der Waals surface area contributed by atoms with E-state index in [0.29, 0.717) is 18.7 Å². The van der Waals surface area contributed by atoms with Gasteiger partial charge in [0.2, 0.25) is 5.76 Å². The molecule has 2 heterocycles. The number of hydrogen-bond acceptors (Lipinski definition) is 6. The molecule has 0 saturated heterocycles. The van der Waals surface area contributed by atoms with E-state index >= 15 is 0 Å². The number of nitrogens with zero attached hydrogens (tertiary/aromatic N) is 3. The van der Waals surface area contributed by atoms with Crippen LogP contribution in [0.15, 0.2) is 20.2 Å². The van der Waals surface area contributed by atoms with Gasteiger partial charge in [0.1, 0.15) is 5.82 Å². The minimum absolute atomic E-state index is 0.0130. The van der Waals surface area contributed by atoms with Crippen molar-refractivity contribution in [3.8, 4) is 0 Å². The summed E-state index contributed by atoms with van der Waals surface area (Å²) in [5, 5.41) is 3.72. The topological polar surface area (TPSA) is 127 Å². The standard InChI is InChI=1S/C17H25N5O4/c1-5-6-7-21(16(24)12-8-11(4)20-26-12)13-14(18)22(9-10(2)3)17(25)19-15(13)23/h8,10H,5-7,9,18H2,1-4H3,(H,19,23,25). The summed E-state index contributed by atoms with van der Waals surface area (Å²) in [6.07, 6.45) is 1.46. The highest BCUT2D eigenvalue weighted by atomic mass is 16.5. The lowest BCUT2D eigenvalue weighted by molar-refractivity contribution is 0.0950. The first kappa shape index (κ1) is 19.5. The highest BCUT2D eigenvalue weighted by molar-refractivity contribution is 6.05. The van der Waals surface area contributed by atoms with Gasteiger partial charge in [0.15, 0.2) is 5.69 Å². The number of aromatic nitrogens is 3. The molecule has 2 aromatic rings. The van der Waals surface area contributed by atoms with E-state index in [1.165, 1.54) is 15.5 Å². The van der Waals surface area contributed by atoms with Crippen molar-refractivity contribution < 1.29 is 9.32 Å².